The Hall–Kier alpha value is -1.14. The number of ether oxygens (including phenoxy) is 1. The Kier molecular flexibility index (Phi) is 17.9. The SMILES string of the molecule is CCCCCCCCCCOC(=O)C(O)(CCCCCCCCCC)C(O)C(=O)O. The number of carbonyl (C=O) groups is 2. The Morgan fingerprint density at radius 2 is 1.13 bits per heavy atom. The number of esters is 1. The van der Waals surface area contributed by atoms with E-state index in [4.69, 9.17) is 9.84 Å². The van der Waals surface area contributed by atoms with Crippen molar-refractivity contribution in [1.82, 2.24) is 0 Å². The highest BCUT2D eigenvalue weighted by Gasteiger charge is 2.48. The van der Waals surface area contributed by atoms with E-state index in [1.807, 2.05) is 0 Å². The second-order valence-corrected chi connectivity index (χ2v) is 8.50. The number of carboxylic acids is 1. The second kappa shape index (κ2) is 18.6. The van der Waals surface area contributed by atoms with Crippen LogP contribution in [0.5, 0.6) is 0 Å². The molecule has 0 saturated carbocycles. The number of aliphatic hydroxyl groups is 2. The maximum atomic E-state index is 12.4. The molecule has 0 saturated heterocycles. The molecule has 0 bridgehead atoms. The van der Waals surface area contributed by atoms with Crippen LogP contribution in [-0.4, -0.2) is 45.6 Å². The van der Waals surface area contributed by atoms with Crippen molar-refractivity contribution in [3.05, 3.63) is 0 Å². The van der Waals surface area contributed by atoms with Crippen LogP contribution >= 0.6 is 0 Å². The summed E-state index contributed by atoms with van der Waals surface area (Å²) in [6, 6.07) is 0. The molecule has 30 heavy (non-hydrogen) atoms. The first-order chi connectivity index (χ1) is 14.4. The van der Waals surface area contributed by atoms with Crippen molar-refractivity contribution in [2.75, 3.05) is 6.61 Å². The molecule has 0 aliphatic heterocycles. The van der Waals surface area contributed by atoms with Crippen LogP contribution in [0.25, 0.3) is 0 Å². The van der Waals surface area contributed by atoms with Gasteiger partial charge in [-0.3, -0.25) is 0 Å². The van der Waals surface area contributed by atoms with Crippen molar-refractivity contribution in [1.29, 1.82) is 0 Å². The summed E-state index contributed by atoms with van der Waals surface area (Å²) in [6.07, 6.45) is 14.6. The Labute approximate surface area is 183 Å². The van der Waals surface area contributed by atoms with Crippen molar-refractivity contribution in [3.63, 3.8) is 0 Å². The average molecular weight is 431 g/mol. The van der Waals surface area contributed by atoms with Crippen LogP contribution in [0.4, 0.5) is 0 Å². The maximum absolute atomic E-state index is 12.4. The van der Waals surface area contributed by atoms with E-state index in [1.54, 1.807) is 0 Å². The minimum atomic E-state index is -2.38. The molecule has 3 N–H and O–H groups in total. The fourth-order valence-electron chi connectivity index (χ4n) is 3.61. The first-order valence-corrected chi connectivity index (χ1v) is 12.2. The molecule has 0 aliphatic rings. The van der Waals surface area contributed by atoms with Crippen molar-refractivity contribution in [3.8, 4) is 0 Å². The fraction of sp³-hybridized carbons (Fsp3) is 0.917. The zero-order valence-corrected chi connectivity index (χ0v) is 19.4. The van der Waals surface area contributed by atoms with E-state index >= 15 is 0 Å². The van der Waals surface area contributed by atoms with Crippen LogP contribution in [-0.2, 0) is 14.3 Å². The second-order valence-electron chi connectivity index (χ2n) is 8.50. The molecular formula is C24H46O6. The molecule has 0 radical (unpaired) electrons. The molecule has 0 aromatic carbocycles. The third kappa shape index (κ3) is 13.2. The van der Waals surface area contributed by atoms with Gasteiger partial charge in [0.2, 0.25) is 0 Å². The maximum Gasteiger partial charge on any atom is 0.341 e. The topological polar surface area (TPSA) is 104 Å². The predicted molar refractivity (Wildman–Crippen MR) is 119 cm³/mol. The van der Waals surface area contributed by atoms with Gasteiger partial charge in [0.05, 0.1) is 6.61 Å². The van der Waals surface area contributed by atoms with Gasteiger partial charge in [0.15, 0.2) is 11.7 Å². The van der Waals surface area contributed by atoms with E-state index in [2.05, 4.69) is 13.8 Å². The normalized spacial score (nSPS) is 14.3. The summed E-state index contributed by atoms with van der Waals surface area (Å²) < 4.78 is 5.13. The lowest BCUT2D eigenvalue weighted by atomic mass is 9.89. The van der Waals surface area contributed by atoms with E-state index < -0.39 is 23.6 Å². The molecule has 0 aliphatic carbocycles. The van der Waals surface area contributed by atoms with Gasteiger partial charge < -0.3 is 20.1 Å². The quantitative estimate of drug-likeness (QED) is 0.167. The Morgan fingerprint density at radius 1 is 0.733 bits per heavy atom. The highest BCUT2D eigenvalue weighted by atomic mass is 16.6. The predicted octanol–water partition coefficient (Wildman–Crippen LogP) is 5.38. The minimum absolute atomic E-state index is 0.105. The summed E-state index contributed by atoms with van der Waals surface area (Å²) in [5, 5.41) is 29.6. The van der Waals surface area contributed by atoms with Crippen LogP contribution in [0.3, 0.4) is 0 Å². The first-order valence-electron chi connectivity index (χ1n) is 12.2. The van der Waals surface area contributed by atoms with Crippen molar-refractivity contribution >= 4 is 11.9 Å². The Morgan fingerprint density at radius 3 is 1.57 bits per heavy atom. The molecule has 0 aromatic rings. The zero-order chi connectivity index (χ0) is 22.7. The number of unbranched alkanes of at least 4 members (excludes halogenated alkanes) is 14. The van der Waals surface area contributed by atoms with Crippen LogP contribution in [0.15, 0.2) is 0 Å². The van der Waals surface area contributed by atoms with Gasteiger partial charge in [-0.25, -0.2) is 9.59 Å². The lowest BCUT2D eigenvalue weighted by Gasteiger charge is -2.28. The lowest BCUT2D eigenvalue weighted by molar-refractivity contribution is -0.189. The summed E-state index contributed by atoms with van der Waals surface area (Å²) in [5.41, 5.74) is -2.38. The molecule has 0 fully saturated rings. The first kappa shape index (κ1) is 28.9. The van der Waals surface area contributed by atoms with Crippen molar-refractivity contribution in [2.45, 2.75) is 135 Å². The molecule has 6 nitrogen and oxygen atoms in total. The highest BCUT2D eigenvalue weighted by Crippen LogP contribution is 2.23. The number of aliphatic carboxylic acids is 1. The van der Waals surface area contributed by atoms with Crippen LogP contribution in [0.2, 0.25) is 0 Å². The Bertz CT molecular complexity index is 439. The molecule has 2 unspecified atom stereocenters. The number of rotatable bonds is 21. The largest absolute Gasteiger partial charge is 0.479 e. The minimum Gasteiger partial charge on any atom is -0.479 e. The monoisotopic (exact) mass is 430 g/mol. The van der Waals surface area contributed by atoms with Gasteiger partial charge in [-0.1, -0.05) is 104 Å². The smallest absolute Gasteiger partial charge is 0.341 e. The number of carbonyl (C=O) groups excluding carboxylic acids is 1. The molecule has 0 rings (SSSR count). The molecular weight excluding hydrogens is 384 g/mol. The summed E-state index contributed by atoms with van der Waals surface area (Å²) in [4.78, 5) is 23.6. The summed E-state index contributed by atoms with van der Waals surface area (Å²) in [6.45, 7) is 4.49. The van der Waals surface area contributed by atoms with E-state index in [0.29, 0.717) is 12.8 Å². The molecule has 0 spiro atoms. The van der Waals surface area contributed by atoms with Crippen LogP contribution < -0.4 is 0 Å². The van der Waals surface area contributed by atoms with E-state index in [0.717, 1.165) is 44.9 Å². The van der Waals surface area contributed by atoms with E-state index in [9.17, 15) is 19.8 Å². The third-order valence-electron chi connectivity index (χ3n) is 5.68. The number of hydrogen-bond donors (Lipinski definition) is 3. The number of carboxylic acid groups (broad SMARTS) is 1. The van der Waals surface area contributed by atoms with Crippen molar-refractivity contribution < 1.29 is 29.6 Å². The third-order valence-corrected chi connectivity index (χ3v) is 5.68. The van der Waals surface area contributed by atoms with Crippen molar-refractivity contribution in [2.24, 2.45) is 0 Å². The van der Waals surface area contributed by atoms with Gasteiger partial charge in [-0.15, -0.1) is 0 Å². The molecule has 2 atom stereocenters. The Balaban J connectivity index is 4.22. The van der Waals surface area contributed by atoms with Gasteiger partial charge >= 0.3 is 11.9 Å². The molecule has 178 valence electrons. The highest BCUT2D eigenvalue weighted by molar-refractivity contribution is 5.88. The van der Waals surface area contributed by atoms with E-state index in [-0.39, 0.29) is 13.0 Å². The molecule has 0 amide bonds. The van der Waals surface area contributed by atoms with Crippen LogP contribution in [0.1, 0.15) is 123 Å². The number of aliphatic hydroxyl groups excluding tert-OH is 1. The number of hydrogen-bond acceptors (Lipinski definition) is 5. The molecule has 0 aromatic heterocycles. The van der Waals surface area contributed by atoms with Gasteiger partial charge in [0, 0.05) is 0 Å². The van der Waals surface area contributed by atoms with E-state index in [1.165, 1.54) is 44.9 Å². The molecule has 0 heterocycles. The summed E-state index contributed by atoms with van der Waals surface area (Å²) in [7, 11) is 0. The zero-order valence-electron chi connectivity index (χ0n) is 19.4. The average Bonchev–Trinajstić information content (AvgIpc) is 2.73. The van der Waals surface area contributed by atoms with Gasteiger partial charge in [-0.2, -0.15) is 0 Å². The summed E-state index contributed by atoms with van der Waals surface area (Å²) in [5.74, 6) is -2.63. The van der Waals surface area contributed by atoms with Crippen LogP contribution in [0, 0.1) is 0 Å². The van der Waals surface area contributed by atoms with Gasteiger partial charge in [-0.05, 0) is 19.3 Å². The summed E-state index contributed by atoms with van der Waals surface area (Å²) >= 11 is 0. The van der Waals surface area contributed by atoms with Gasteiger partial charge in [0.1, 0.15) is 0 Å². The molecule has 6 heteroatoms. The standard InChI is InChI=1S/C24H46O6/c1-3-5-7-9-11-13-15-17-19-24(29,21(25)22(26)27)23(28)30-20-18-16-14-12-10-8-6-4-2/h21,25,29H,3-20H2,1-2H3,(H,26,27). The van der Waals surface area contributed by atoms with Gasteiger partial charge in [0.25, 0.3) is 0 Å². The fourth-order valence-corrected chi connectivity index (χ4v) is 3.61. The lowest BCUT2D eigenvalue weighted by Crippen LogP contribution is -2.54.